The summed E-state index contributed by atoms with van der Waals surface area (Å²) in [7, 11) is 1.63. The van der Waals surface area contributed by atoms with Crippen LogP contribution in [-0.2, 0) is 18.9 Å². The fourth-order valence-electron chi connectivity index (χ4n) is 1.10. The maximum atomic E-state index is 10.6. The van der Waals surface area contributed by atoms with Crippen LogP contribution < -0.4 is 5.32 Å². The zero-order valence-corrected chi connectivity index (χ0v) is 8.86. The number of carbonyl (C=O) groups excluding carboxylic acids is 1. The first kappa shape index (κ1) is 12.2. The van der Waals surface area contributed by atoms with Crippen LogP contribution in [-0.4, -0.2) is 58.9 Å². The van der Waals surface area contributed by atoms with E-state index in [9.17, 15) is 4.79 Å². The average molecular weight is 219 g/mol. The van der Waals surface area contributed by atoms with Crippen LogP contribution in [0.5, 0.6) is 0 Å². The highest BCUT2D eigenvalue weighted by atomic mass is 16.6. The molecule has 0 aromatic carbocycles. The number of ether oxygens (including phenoxy) is 4. The summed E-state index contributed by atoms with van der Waals surface area (Å²) in [4.78, 5) is 10.6. The first-order valence-electron chi connectivity index (χ1n) is 4.92. The molecule has 0 unspecified atom stereocenters. The number of hydrogen-bond donors (Lipinski definition) is 1. The number of nitrogens with one attached hydrogen (secondary N) is 1. The monoisotopic (exact) mass is 219 g/mol. The van der Waals surface area contributed by atoms with Gasteiger partial charge in [0.05, 0.1) is 39.6 Å². The molecule has 1 aliphatic rings. The number of carbonyl (C=O) groups is 1. The largest absolute Gasteiger partial charge is 0.442 e. The van der Waals surface area contributed by atoms with Gasteiger partial charge < -0.3 is 24.3 Å². The first-order valence-corrected chi connectivity index (χ1v) is 4.92. The van der Waals surface area contributed by atoms with Crippen molar-refractivity contribution in [2.75, 3.05) is 46.7 Å². The lowest BCUT2D eigenvalue weighted by Crippen LogP contribution is -2.21. The highest BCUT2D eigenvalue weighted by Crippen LogP contribution is 1.99. The first-order chi connectivity index (χ1) is 7.33. The Labute approximate surface area is 88.8 Å². The van der Waals surface area contributed by atoms with E-state index < -0.39 is 0 Å². The molecule has 1 saturated heterocycles. The molecule has 88 valence electrons. The smallest absolute Gasteiger partial charge is 0.407 e. The number of alkyl carbamates (subject to hydrolysis) is 1. The number of hydrogen-bond acceptors (Lipinski definition) is 5. The standard InChI is InChI=1S/C9H17NO5/c1-12-2-3-13-4-5-14-7-8-6-10-9(11)15-8/h8H,2-7H2,1H3,(H,10,11)/t8-/m1/s1. The summed E-state index contributed by atoms with van der Waals surface area (Å²) in [6.07, 6.45) is -0.545. The second kappa shape index (κ2) is 7.44. The van der Waals surface area contributed by atoms with Crippen molar-refractivity contribution < 1.29 is 23.7 Å². The molecule has 15 heavy (non-hydrogen) atoms. The van der Waals surface area contributed by atoms with Gasteiger partial charge in [-0.1, -0.05) is 0 Å². The van der Waals surface area contributed by atoms with Gasteiger partial charge in [-0.25, -0.2) is 4.79 Å². The summed E-state index contributed by atoms with van der Waals surface area (Å²) in [6, 6.07) is 0. The third-order valence-corrected chi connectivity index (χ3v) is 1.86. The van der Waals surface area contributed by atoms with Crippen molar-refractivity contribution in [1.29, 1.82) is 0 Å². The Kier molecular flexibility index (Phi) is 6.06. The van der Waals surface area contributed by atoms with Crippen molar-refractivity contribution in [2.45, 2.75) is 6.10 Å². The van der Waals surface area contributed by atoms with Crippen molar-refractivity contribution in [3.63, 3.8) is 0 Å². The average Bonchev–Trinajstić information content (AvgIpc) is 2.63. The Morgan fingerprint density at radius 2 is 2.07 bits per heavy atom. The van der Waals surface area contributed by atoms with E-state index in [1.54, 1.807) is 7.11 Å². The van der Waals surface area contributed by atoms with Crippen LogP contribution >= 0.6 is 0 Å². The molecule has 0 aromatic heterocycles. The minimum atomic E-state index is -0.375. The number of rotatable bonds is 8. The van der Waals surface area contributed by atoms with Crippen LogP contribution in [0.25, 0.3) is 0 Å². The Hall–Kier alpha value is -0.850. The molecule has 0 radical (unpaired) electrons. The maximum Gasteiger partial charge on any atom is 0.407 e. The second-order valence-corrected chi connectivity index (χ2v) is 3.09. The molecule has 0 spiro atoms. The quantitative estimate of drug-likeness (QED) is 0.571. The minimum absolute atomic E-state index is 0.170. The normalized spacial score (nSPS) is 20.1. The second-order valence-electron chi connectivity index (χ2n) is 3.09. The summed E-state index contributed by atoms with van der Waals surface area (Å²) >= 11 is 0. The van der Waals surface area contributed by atoms with E-state index in [0.717, 1.165) is 0 Å². The predicted octanol–water partition coefficient (Wildman–Crippen LogP) is -0.226. The summed E-state index contributed by atoms with van der Waals surface area (Å²) in [5.74, 6) is 0. The molecule has 6 nitrogen and oxygen atoms in total. The van der Waals surface area contributed by atoms with Crippen LogP contribution in [0.15, 0.2) is 0 Å². The van der Waals surface area contributed by atoms with Crippen LogP contribution in [0.4, 0.5) is 4.79 Å². The Balaban J connectivity index is 1.83. The van der Waals surface area contributed by atoms with Crippen molar-refractivity contribution >= 4 is 6.09 Å². The highest BCUT2D eigenvalue weighted by Gasteiger charge is 2.21. The highest BCUT2D eigenvalue weighted by molar-refractivity contribution is 5.69. The van der Waals surface area contributed by atoms with E-state index in [1.807, 2.05) is 0 Å². The number of amides is 1. The van der Waals surface area contributed by atoms with Gasteiger partial charge in [0.1, 0.15) is 6.10 Å². The Bertz CT molecular complexity index is 187. The topological polar surface area (TPSA) is 66.0 Å². The molecule has 0 saturated carbocycles. The van der Waals surface area contributed by atoms with Crippen molar-refractivity contribution in [3.8, 4) is 0 Å². The zero-order valence-electron chi connectivity index (χ0n) is 8.86. The molecule has 0 aromatic rings. The Morgan fingerprint density at radius 3 is 2.73 bits per heavy atom. The molecule has 1 rings (SSSR count). The lowest BCUT2D eigenvalue weighted by Gasteiger charge is -2.08. The number of cyclic esters (lactones) is 1. The van der Waals surface area contributed by atoms with Gasteiger partial charge in [-0.3, -0.25) is 0 Å². The van der Waals surface area contributed by atoms with E-state index in [2.05, 4.69) is 5.32 Å². The van der Waals surface area contributed by atoms with Crippen molar-refractivity contribution in [2.24, 2.45) is 0 Å². The van der Waals surface area contributed by atoms with Crippen LogP contribution in [0.1, 0.15) is 0 Å². The fraction of sp³-hybridized carbons (Fsp3) is 0.889. The summed E-state index contributed by atoms with van der Waals surface area (Å²) < 4.78 is 20.1. The zero-order chi connectivity index (χ0) is 10.9. The van der Waals surface area contributed by atoms with E-state index in [4.69, 9.17) is 18.9 Å². The molecule has 1 fully saturated rings. The van der Waals surface area contributed by atoms with Gasteiger partial charge in [0.25, 0.3) is 0 Å². The van der Waals surface area contributed by atoms with Crippen LogP contribution in [0.3, 0.4) is 0 Å². The molecule has 0 bridgehead atoms. The van der Waals surface area contributed by atoms with Crippen LogP contribution in [0.2, 0.25) is 0 Å². The number of methoxy groups -OCH3 is 1. The predicted molar refractivity (Wildman–Crippen MR) is 51.8 cm³/mol. The summed E-state index contributed by atoms with van der Waals surface area (Å²) in [5, 5.41) is 2.55. The van der Waals surface area contributed by atoms with Gasteiger partial charge in [-0.2, -0.15) is 0 Å². The van der Waals surface area contributed by atoms with E-state index >= 15 is 0 Å². The van der Waals surface area contributed by atoms with E-state index in [1.165, 1.54) is 0 Å². The van der Waals surface area contributed by atoms with E-state index in [-0.39, 0.29) is 12.2 Å². The van der Waals surface area contributed by atoms with Gasteiger partial charge in [0, 0.05) is 7.11 Å². The van der Waals surface area contributed by atoms with Crippen LogP contribution in [0, 0.1) is 0 Å². The third-order valence-electron chi connectivity index (χ3n) is 1.86. The maximum absolute atomic E-state index is 10.6. The van der Waals surface area contributed by atoms with Crippen molar-refractivity contribution in [3.05, 3.63) is 0 Å². The van der Waals surface area contributed by atoms with Gasteiger partial charge >= 0.3 is 6.09 Å². The van der Waals surface area contributed by atoms with Gasteiger partial charge in [-0.15, -0.1) is 0 Å². The fourth-order valence-corrected chi connectivity index (χ4v) is 1.10. The molecular weight excluding hydrogens is 202 g/mol. The van der Waals surface area contributed by atoms with Crippen molar-refractivity contribution in [1.82, 2.24) is 5.32 Å². The molecule has 1 amide bonds. The van der Waals surface area contributed by atoms with E-state index in [0.29, 0.717) is 39.6 Å². The molecule has 1 N–H and O–H groups in total. The minimum Gasteiger partial charge on any atom is -0.442 e. The lowest BCUT2D eigenvalue weighted by atomic mass is 10.4. The van der Waals surface area contributed by atoms with Gasteiger partial charge in [-0.05, 0) is 0 Å². The molecule has 1 heterocycles. The molecular formula is C9H17NO5. The summed E-state index contributed by atoms with van der Waals surface area (Å²) in [6.45, 7) is 3.11. The molecule has 1 aliphatic heterocycles. The Morgan fingerprint density at radius 1 is 1.33 bits per heavy atom. The third kappa shape index (κ3) is 5.56. The summed E-state index contributed by atoms with van der Waals surface area (Å²) in [5.41, 5.74) is 0. The molecule has 0 aliphatic carbocycles. The molecule has 1 atom stereocenters. The van der Waals surface area contributed by atoms with Gasteiger partial charge in [0.15, 0.2) is 0 Å². The van der Waals surface area contributed by atoms with Gasteiger partial charge in [0.2, 0.25) is 0 Å². The lowest BCUT2D eigenvalue weighted by molar-refractivity contribution is 0.000635. The molecule has 6 heteroatoms. The SMILES string of the molecule is COCCOCCOC[C@H]1CNC(=O)O1.